The van der Waals surface area contributed by atoms with Crippen molar-refractivity contribution in [1.29, 1.82) is 0 Å². The summed E-state index contributed by atoms with van der Waals surface area (Å²) in [5, 5.41) is 10.2. The number of aromatic nitrogens is 2. The van der Waals surface area contributed by atoms with E-state index in [2.05, 4.69) is 9.97 Å². The molecule has 0 spiro atoms. The number of nitrogens with zero attached hydrogens (tertiary/aromatic N) is 2. The molecule has 0 aliphatic carbocycles. The van der Waals surface area contributed by atoms with Crippen LogP contribution >= 0.6 is 0 Å². The molecular formula is C19H18N4O6. The molecule has 0 unspecified atom stereocenters. The molecule has 10 heteroatoms. The van der Waals surface area contributed by atoms with Crippen molar-refractivity contribution in [3.05, 3.63) is 29.8 Å². The summed E-state index contributed by atoms with van der Waals surface area (Å²) in [6.45, 7) is 1.21. The average molecular weight is 398 g/mol. The Bertz CT molecular complexity index is 1150. The van der Waals surface area contributed by atoms with Crippen molar-refractivity contribution in [2.24, 2.45) is 0 Å². The zero-order chi connectivity index (χ0) is 21.3. The molecule has 5 N–H and O–H groups in total. The van der Waals surface area contributed by atoms with Gasteiger partial charge in [-0.3, -0.25) is 4.79 Å². The molecule has 10 nitrogen and oxygen atoms in total. The van der Waals surface area contributed by atoms with Crippen molar-refractivity contribution in [1.82, 2.24) is 9.97 Å². The van der Waals surface area contributed by atoms with Crippen molar-refractivity contribution in [3.8, 4) is 28.4 Å². The fourth-order valence-electron chi connectivity index (χ4n) is 2.98. The van der Waals surface area contributed by atoms with Crippen LogP contribution in [0.3, 0.4) is 0 Å². The number of hydrogen-bond acceptors (Lipinski definition) is 9. The highest BCUT2D eigenvalue weighted by molar-refractivity contribution is 6.02. The highest BCUT2D eigenvalue weighted by Crippen LogP contribution is 2.47. The minimum absolute atomic E-state index is 0.0197. The third-order valence-corrected chi connectivity index (χ3v) is 4.13. The summed E-state index contributed by atoms with van der Waals surface area (Å²) < 4.78 is 15.9. The van der Waals surface area contributed by atoms with E-state index in [-0.39, 0.29) is 40.1 Å². The Balaban J connectivity index is 2.39. The second-order valence-electron chi connectivity index (χ2n) is 5.96. The van der Waals surface area contributed by atoms with Crippen LogP contribution in [0, 0.1) is 0 Å². The van der Waals surface area contributed by atoms with E-state index in [1.54, 1.807) is 18.2 Å². The molecule has 1 heterocycles. The van der Waals surface area contributed by atoms with Gasteiger partial charge in [-0.05, 0) is 23.8 Å². The molecule has 0 bridgehead atoms. The zero-order valence-corrected chi connectivity index (χ0v) is 15.8. The molecule has 1 aromatic heterocycles. The Morgan fingerprint density at radius 3 is 2.34 bits per heavy atom. The number of nitrogens with two attached hydrogens (primary N) is 2. The van der Waals surface area contributed by atoms with Gasteiger partial charge in [0.15, 0.2) is 11.5 Å². The summed E-state index contributed by atoms with van der Waals surface area (Å²) in [6.07, 6.45) is 0. The van der Waals surface area contributed by atoms with Gasteiger partial charge in [0.1, 0.15) is 5.82 Å². The fraction of sp³-hybridized carbons (Fsp3) is 0.158. The van der Waals surface area contributed by atoms with E-state index in [4.69, 9.17) is 25.7 Å². The van der Waals surface area contributed by atoms with Crippen LogP contribution in [0.5, 0.6) is 17.2 Å². The van der Waals surface area contributed by atoms with Crippen molar-refractivity contribution in [2.45, 2.75) is 6.92 Å². The summed E-state index contributed by atoms with van der Waals surface area (Å²) >= 11 is 0. The third-order valence-electron chi connectivity index (χ3n) is 4.13. The van der Waals surface area contributed by atoms with E-state index in [1.807, 2.05) is 0 Å². The number of anilines is 2. The number of methoxy groups -OCH3 is 2. The molecule has 0 radical (unpaired) electrons. The van der Waals surface area contributed by atoms with E-state index in [0.29, 0.717) is 16.5 Å². The number of nitrogen functional groups attached to an aromatic ring is 2. The van der Waals surface area contributed by atoms with Crippen molar-refractivity contribution in [2.75, 3.05) is 25.7 Å². The summed E-state index contributed by atoms with van der Waals surface area (Å²) in [6, 6.07) is 6.12. The largest absolute Gasteiger partial charge is 0.493 e. The first kappa shape index (κ1) is 19.7. The van der Waals surface area contributed by atoms with Crippen LogP contribution < -0.4 is 25.7 Å². The topological polar surface area (TPSA) is 160 Å². The highest BCUT2D eigenvalue weighted by Gasteiger charge is 2.27. The monoisotopic (exact) mass is 398 g/mol. The lowest BCUT2D eigenvalue weighted by atomic mass is 9.96. The van der Waals surface area contributed by atoms with E-state index in [0.717, 1.165) is 0 Å². The Morgan fingerprint density at radius 1 is 1.03 bits per heavy atom. The Labute approximate surface area is 165 Å². The second kappa shape index (κ2) is 7.50. The number of carbonyl (C=O) groups excluding carboxylic acids is 1. The van der Waals surface area contributed by atoms with E-state index < -0.39 is 11.9 Å². The highest BCUT2D eigenvalue weighted by atomic mass is 16.6. The summed E-state index contributed by atoms with van der Waals surface area (Å²) in [7, 11) is 2.65. The van der Waals surface area contributed by atoms with Crippen LogP contribution in [0.4, 0.5) is 11.8 Å². The maximum absolute atomic E-state index is 12.0. The number of esters is 1. The summed E-state index contributed by atoms with van der Waals surface area (Å²) in [5.41, 5.74) is 12.5. The van der Waals surface area contributed by atoms with Gasteiger partial charge >= 0.3 is 11.9 Å². The number of rotatable bonds is 5. The van der Waals surface area contributed by atoms with Gasteiger partial charge < -0.3 is 30.8 Å². The zero-order valence-electron chi connectivity index (χ0n) is 15.8. The van der Waals surface area contributed by atoms with Gasteiger partial charge in [-0.15, -0.1) is 0 Å². The van der Waals surface area contributed by atoms with Crippen molar-refractivity contribution >= 4 is 34.6 Å². The quantitative estimate of drug-likeness (QED) is 0.429. The van der Waals surface area contributed by atoms with Crippen LogP contribution in [0.2, 0.25) is 0 Å². The number of hydrogen-bond donors (Lipinski definition) is 3. The van der Waals surface area contributed by atoms with Gasteiger partial charge in [0, 0.05) is 17.9 Å². The van der Waals surface area contributed by atoms with E-state index in [1.165, 1.54) is 27.2 Å². The van der Waals surface area contributed by atoms with Gasteiger partial charge in [0.25, 0.3) is 0 Å². The Kier molecular flexibility index (Phi) is 5.09. The number of benzene rings is 2. The van der Waals surface area contributed by atoms with Crippen LogP contribution in [0.15, 0.2) is 24.3 Å². The first-order valence-electron chi connectivity index (χ1n) is 8.30. The van der Waals surface area contributed by atoms with E-state index >= 15 is 0 Å². The maximum Gasteiger partial charge on any atom is 0.336 e. The average Bonchev–Trinajstić information content (AvgIpc) is 2.66. The van der Waals surface area contributed by atoms with Gasteiger partial charge in [-0.25, -0.2) is 9.78 Å². The number of ether oxygens (including phenoxy) is 3. The fourth-order valence-corrected chi connectivity index (χ4v) is 2.98. The van der Waals surface area contributed by atoms with Crippen molar-refractivity contribution < 1.29 is 28.9 Å². The molecule has 3 aromatic rings. The molecule has 0 aliphatic heterocycles. The Hall–Kier alpha value is -4.08. The van der Waals surface area contributed by atoms with Gasteiger partial charge in [0.05, 0.1) is 25.3 Å². The molecule has 2 aromatic carbocycles. The SMILES string of the molecule is COc1cc(C(=O)O)c(-c2ccc3nc(N)nc(N)c3c2)c(OC)c1OC(C)=O. The smallest absolute Gasteiger partial charge is 0.336 e. The predicted molar refractivity (Wildman–Crippen MR) is 105 cm³/mol. The van der Waals surface area contributed by atoms with Gasteiger partial charge in [-0.1, -0.05) is 6.07 Å². The third kappa shape index (κ3) is 3.55. The van der Waals surface area contributed by atoms with Crippen LogP contribution in [0.1, 0.15) is 17.3 Å². The number of aromatic carboxylic acids is 1. The molecule has 0 saturated carbocycles. The van der Waals surface area contributed by atoms with Crippen LogP contribution in [-0.2, 0) is 4.79 Å². The molecule has 0 aliphatic rings. The van der Waals surface area contributed by atoms with Crippen LogP contribution in [0.25, 0.3) is 22.0 Å². The van der Waals surface area contributed by atoms with E-state index in [9.17, 15) is 14.7 Å². The summed E-state index contributed by atoms with van der Waals surface area (Å²) in [4.78, 5) is 31.6. The number of carbonyl (C=O) groups is 2. The molecular weight excluding hydrogens is 380 g/mol. The minimum Gasteiger partial charge on any atom is -0.493 e. The summed E-state index contributed by atoms with van der Waals surface area (Å²) in [5.74, 6) is -1.67. The number of fused-ring (bicyclic) bond motifs is 1. The van der Waals surface area contributed by atoms with Gasteiger partial charge in [-0.2, -0.15) is 4.98 Å². The maximum atomic E-state index is 12.0. The lowest BCUT2D eigenvalue weighted by molar-refractivity contribution is -0.132. The molecule has 3 rings (SSSR count). The molecule has 150 valence electrons. The molecule has 0 amide bonds. The normalized spacial score (nSPS) is 10.6. The Morgan fingerprint density at radius 2 is 1.76 bits per heavy atom. The predicted octanol–water partition coefficient (Wildman–Crippen LogP) is 2.10. The lowest BCUT2D eigenvalue weighted by Crippen LogP contribution is -2.09. The lowest BCUT2D eigenvalue weighted by Gasteiger charge is -2.19. The number of carboxylic acids is 1. The molecule has 0 saturated heterocycles. The van der Waals surface area contributed by atoms with Crippen molar-refractivity contribution in [3.63, 3.8) is 0 Å². The molecule has 0 atom stereocenters. The first-order chi connectivity index (χ1) is 13.8. The number of carboxylic acid groups (broad SMARTS) is 1. The second-order valence-corrected chi connectivity index (χ2v) is 5.96. The standard InChI is InChI=1S/C19H18N4O6/c1-8(24)29-15-13(27-2)7-11(18(25)26)14(16(15)28-3)9-4-5-12-10(6-9)17(20)23-19(21)22-12/h4-7H,1-3H3,(H,25,26)(H4,20,21,22,23). The first-order valence-corrected chi connectivity index (χ1v) is 8.30. The molecule has 0 fully saturated rings. The van der Waals surface area contributed by atoms with Gasteiger partial charge in [0.2, 0.25) is 11.7 Å². The molecule has 29 heavy (non-hydrogen) atoms. The minimum atomic E-state index is -1.23. The van der Waals surface area contributed by atoms with Crippen LogP contribution in [-0.4, -0.2) is 41.2 Å².